The third-order valence-electron chi connectivity index (χ3n) is 4.01. The molecule has 0 aliphatic carbocycles. The number of hydrogen-bond donors (Lipinski definition) is 0. The van der Waals surface area contributed by atoms with Gasteiger partial charge in [-0.25, -0.2) is 8.78 Å². The quantitative estimate of drug-likeness (QED) is 0.757. The first-order valence-corrected chi connectivity index (χ1v) is 7.73. The molecule has 1 fully saturated rings. The van der Waals surface area contributed by atoms with Crippen molar-refractivity contribution in [1.29, 1.82) is 0 Å². The molecular weight excluding hydrogens is 332 g/mol. The highest BCUT2D eigenvalue weighted by molar-refractivity contribution is 5.94. The molecular formula is C17H19F2N3O3. The summed E-state index contributed by atoms with van der Waals surface area (Å²) in [6.45, 7) is 4.47. The number of likely N-dealkylation sites (N-methyl/N-ethyl adjacent to an activating group) is 1. The standard InChI is InChI=1S/C17H19F2N3O3/c1-3-15(23)20(2)11-16(24)21-6-8-22(9-7-21)17(25)12-4-5-13(18)14(19)10-12/h3-5,10H,1,6-9,11H2,2H3. The first-order chi connectivity index (χ1) is 11.8. The molecule has 0 bridgehead atoms. The van der Waals surface area contributed by atoms with E-state index < -0.39 is 17.5 Å². The second-order valence-electron chi connectivity index (χ2n) is 5.70. The van der Waals surface area contributed by atoms with Gasteiger partial charge in [0, 0.05) is 38.8 Å². The molecule has 0 aromatic heterocycles. The SMILES string of the molecule is C=CC(=O)N(C)CC(=O)N1CCN(C(=O)c2ccc(F)c(F)c2)CC1. The first-order valence-electron chi connectivity index (χ1n) is 7.73. The predicted octanol–water partition coefficient (Wildman–Crippen LogP) is 0.894. The number of hydrogen-bond acceptors (Lipinski definition) is 3. The summed E-state index contributed by atoms with van der Waals surface area (Å²) < 4.78 is 26.2. The number of piperazine rings is 1. The van der Waals surface area contributed by atoms with Crippen LogP contribution in [0.25, 0.3) is 0 Å². The normalized spacial score (nSPS) is 14.2. The number of carbonyl (C=O) groups is 3. The molecule has 3 amide bonds. The molecule has 0 atom stereocenters. The first kappa shape index (κ1) is 18.6. The Kier molecular flexibility index (Phi) is 5.84. The van der Waals surface area contributed by atoms with Crippen LogP contribution in [0.4, 0.5) is 8.78 Å². The van der Waals surface area contributed by atoms with E-state index >= 15 is 0 Å². The summed E-state index contributed by atoms with van der Waals surface area (Å²) in [4.78, 5) is 40.2. The predicted molar refractivity (Wildman–Crippen MR) is 86.7 cm³/mol. The number of carbonyl (C=O) groups excluding carboxylic acids is 3. The van der Waals surface area contributed by atoms with Crippen LogP contribution in [0.5, 0.6) is 0 Å². The minimum Gasteiger partial charge on any atom is -0.338 e. The monoisotopic (exact) mass is 351 g/mol. The Balaban J connectivity index is 1.91. The maximum absolute atomic E-state index is 13.3. The average molecular weight is 351 g/mol. The van der Waals surface area contributed by atoms with E-state index in [1.807, 2.05) is 0 Å². The topological polar surface area (TPSA) is 60.9 Å². The van der Waals surface area contributed by atoms with Crippen LogP contribution >= 0.6 is 0 Å². The van der Waals surface area contributed by atoms with E-state index in [-0.39, 0.29) is 37.0 Å². The zero-order chi connectivity index (χ0) is 18.6. The van der Waals surface area contributed by atoms with Crippen molar-refractivity contribution >= 4 is 17.7 Å². The van der Waals surface area contributed by atoms with Crippen LogP contribution in [0.1, 0.15) is 10.4 Å². The van der Waals surface area contributed by atoms with E-state index in [1.165, 1.54) is 22.9 Å². The van der Waals surface area contributed by atoms with Crippen LogP contribution in [0.15, 0.2) is 30.9 Å². The molecule has 0 saturated carbocycles. The van der Waals surface area contributed by atoms with Crippen LogP contribution in [0.2, 0.25) is 0 Å². The molecule has 1 aliphatic rings. The Hall–Kier alpha value is -2.77. The van der Waals surface area contributed by atoms with Crippen LogP contribution in [-0.4, -0.2) is 72.2 Å². The van der Waals surface area contributed by atoms with Crippen molar-refractivity contribution in [3.05, 3.63) is 48.1 Å². The van der Waals surface area contributed by atoms with Gasteiger partial charge in [0.1, 0.15) is 0 Å². The molecule has 1 aromatic rings. The highest BCUT2D eigenvalue weighted by Gasteiger charge is 2.26. The van der Waals surface area contributed by atoms with Crippen LogP contribution in [0, 0.1) is 11.6 Å². The number of rotatable bonds is 4. The van der Waals surface area contributed by atoms with Crippen molar-refractivity contribution in [2.45, 2.75) is 0 Å². The fourth-order valence-electron chi connectivity index (χ4n) is 2.51. The van der Waals surface area contributed by atoms with Crippen LogP contribution < -0.4 is 0 Å². The highest BCUT2D eigenvalue weighted by atomic mass is 19.2. The highest BCUT2D eigenvalue weighted by Crippen LogP contribution is 2.13. The fourth-order valence-corrected chi connectivity index (χ4v) is 2.51. The molecule has 25 heavy (non-hydrogen) atoms. The summed E-state index contributed by atoms with van der Waals surface area (Å²) in [6, 6.07) is 3.01. The fraction of sp³-hybridized carbons (Fsp3) is 0.353. The van der Waals surface area contributed by atoms with Gasteiger partial charge < -0.3 is 14.7 Å². The summed E-state index contributed by atoms with van der Waals surface area (Å²) in [5.41, 5.74) is 0.0648. The van der Waals surface area contributed by atoms with Crippen molar-refractivity contribution in [1.82, 2.24) is 14.7 Å². The van der Waals surface area contributed by atoms with Crippen molar-refractivity contribution in [3.63, 3.8) is 0 Å². The lowest BCUT2D eigenvalue weighted by atomic mass is 10.1. The smallest absolute Gasteiger partial charge is 0.254 e. The maximum Gasteiger partial charge on any atom is 0.254 e. The zero-order valence-electron chi connectivity index (χ0n) is 13.9. The summed E-state index contributed by atoms with van der Waals surface area (Å²) in [6.07, 6.45) is 1.13. The van der Waals surface area contributed by atoms with Crippen LogP contribution in [0.3, 0.4) is 0 Å². The van der Waals surface area contributed by atoms with Gasteiger partial charge in [-0.2, -0.15) is 0 Å². The average Bonchev–Trinajstić information content (AvgIpc) is 2.62. The van der Waals surface area contributed by atoms with Crippen molar-refractivity contribution in [2.24, 2.45) is 0 Å². The van der Waals surface area contributed by atoms with Crippen molar-refractivity contribution in [2.75, 3.05) is 39.8 Å². The van der Waals surface area contributed by atoms with Crippen molar-refractivity contribution in [3.8, 4) is 0 Å². The van der Waals surface area contributed by atoms with Gasteiger partial charge in [0.25, 0.3) is 5.91 Å². The molecule has 8 heteroatoms. The van der Waals surface area contributed by atoms with Gasteiger partial charge in [0.05, 0.1) is 6.54 Å². The van der Waals surface area contributed by atoms with E-state index in [0.717, 1.165) is 18.2 Å². The summed E-state index contributed by atoms with van der Waals surface area (Å²) in [5, 5.41) is 0. The Labute approximate surface area is 144 Å². The lowest BCUT2D eigenvalue weighted by Crippen LogP contribution is -2.52. The van der Waals surface area contributed by atoms with Gasteiger partial charge in [-0.1, -0.05) is 6.58 Å². The van der Waals surface area contributed by atoms with Gasteiger partial charge in [0.15, 0.2) is 11.6 Å². The van der Waals surface area contributed by atoms with E-state index in [0.29, 0.717) is 13.1 Å². The van der Waals surface area contributed by atoms with Gasteiger partial charge in [-0.15, -0.1) is 0 Å². The summed E-state index contributed by atoms with van der Waals surface area (Å²) in [7, 11) is 1.50. The van der Waals surface area contributed by atoms with Crippen molar-refractivity contribution < 1.29 is 23.2 Å². The van der Waals surface area contributed by atoms with E-state index in [9.17, 15) is 23.2 Å². The third-order valence-corrected chi connectivity index (χ3v) is 4.01. The molecule has 134 valence electrons. The van der Waals surface area contributed by atoms with E-state index in [1.54, 1.807) is 4.90 Å². The Bertz CT molecular complexity index is 700. The lowest BCUT2D eigenvalue weighted by Gasteiger charge is -2.35. The minimum atomic E-state index is -1.07. The Morgan fingerprint density at radius 2 is 1.72 bits per heavy atom. The van der Waals surface area contributed by atoms with E-state index in [4.69, 9.17) is 0 Å². The zero-order valence-corrected chi connectivity index (χ0v) is 13.9. The molecule has 1 heterocycles. The lowest BCUT2D eigenvalue weighted by molar-refractivity contribution is -0.138. The molecule has 0 spiro atoms. The largest absolute Gasteiger partial charge is 0.338 e. The molecule has 6 nitrogen and oxygen atoms in total. The van der Waals surface area contributed by atoms with Crippen LogP contribution in [-0.2, 0) is 9.59 Å². The Morgan fingerprint density at radius 1 is 1.12 bits per heavy atom. The molecule has 1 aromatic carbocycles. The molecule has 1 aliphatic heterocycles. The van der Waals surface area contributed by atoms with Gasteiger partial charge in [-0.05, 0) is 24.3 Å². The molecule has 0 unspecified atom stereocenters. The Morgan fingerprint density at radius 3 is 2.28 bits per heavy atom. The van der Waals surface area contributed by atoms with Gasteiger partial charge in [-0.3, -0.25) is 14.4 Å². The molecule has 0 radical (unpaired) electrons. The molecule has 2 rings (SSSR count). The molecule has 0 N–H and O–H groups in total. The second kappa shape index (κ2) is 7.87. The third kappa shape index (κ3) is 4.40. The summed E-state index contributed by atoms with van der Waals surface area (Å²) in [5.74, 6) is -3.07. The second-order valence-corrected chi connectivity index (χ2v) is 5.70. The number of nitrogens with zero attached hydrogens (tertiary/aromatic N) is 3. The number of benzene rings is 1. The number of amides is 3. The van der Waals surface area contributed by atoms with Gasteiger partial charge >= 0.3 is 0 Å². The van der Waals surface area contributed by atoms with Gasteiger partial charge in [0.2, 0.25) is 11.8 Å². The maximum atomic E-state index is 13.3. The number of halogens is 2. The molecule has 1 saturated heterocycles. The summed E-state index contributed by atoms with van der Waals surface area (Å²) >= 11 is 0. The van der Waals surface area contributed by atoms with E-state index in [2.05, 4.69) is 6.58 Å². The minimum absolute atomic E-state index is 0.0648.